The average Bonchev–Trinajstić information content (AvgIpc) is 2.48. The third kappa shape index (κ3) is 0.857. The van der Waals surface area contributed by atoms with E-state index in [4.69, 9.17) is 0 Å². The number of hydrogen-bond acceptors (Lipinski definition) is 1. The van der Waals surface area contributed by atoms with Gasteiger partial charge in [-0.15, -0.1) is 0 Å². The smallest absolute Gasteiger partial charge is 0.227 e. The van der Waals surface area contributed by atoms with Gasteiger partial charge in [0.1, 0.15) is 0 Å². The SMILES string of the molecule is O=C1NC[C@H]2C[C@@H]1c1ccccc12. The molecule has 2 heteroatoms. The molecule has 66 valence electrons. The summed E-state index contributed by atoms with van der Waals surface area (Å²) in [6.07, 6.45) is 1.02. The molecule has 2 aliphatic rings. The topological polar surface area (TPSA) is 29.1 Å². The van der Waals surface area contributed by atoms with E-state index in [2.05, 4.69) is 23.5 Å². The molecule has 1 aliphatic heterocycles. The van der Waals surface area contributed by atoms with E-state index in [0.29, 0.717) is 5.92 Å². The highest BCUT2D eigenvalue weighted by Crippen LogP contribution is 2.43. The summed E-state index contributed by atoms with van der Waals surface area (Å²) in [5.74, 6) is 0.912. The monoisotopic (exact) mass is 173 g/mol. The van der Waals surface area contributed by atoms with Crippen LogP contribution < -0.4 is 5.32 Å². The summed E-state index contributed by atoms with van der Waals surface area (Å²) in [5.41, 5.74) is 2.63. The van der Waals surface area contributed by atoms with Crippen molar-refractivity contribution in [1.29, 1.82) is 0 Å². The van der Waals surface area contributed by atoms with Gasteiger partial charge in [-0.25, -0.2) is 0 Å². The summed E-state index contributed by atoms with van der Waals surface area (Å²) >= 11 is 0. The van der Waals surface area contributed by atoms with Crippen LogP contribution in [0.15, 0.2) is 24.3 Å². The van der Waals surface area contributed by atoms with Crippen LogP contribution in [0, 0.1) is 0 Å². The van der Waals surface area contributed by atoms with Crippen LogP contribution in [0.2, 0.25) is 0 Å². The highest BCUT2D eigenvalue weighted by atomic mass is 16.1. The van der Waals surface area contributed by atoms with Gasteiger partial charge in [0.2, 0.25) is 5.91 Å². The molecule has 1 heterocycles. The van der Waals surface area contributed by atoms with Gasteiger partial charge in [0.15, 0.2) is 0 Å². The molecule has 2 nitrogen and oxygen atoms in total. The number of rotatable bonds is 0. The summed E-state index contributed by atoms with van der Waals surface area (Å²) in [7, 11) is 0. The van der Waals surface area contributed by atoms with Gasteiger partial charge in [0.25, 0.3) is 0 Å². The second-order valence-electron chi connectivity index (χ2n) is 3.86. The molecule has 0 saturated carbocycles. The molecule has 0 spiro atoms. The van der Waals surface area contributed by atoms with Gasteiger partial charge in [0, 0.05) is 12.5 Å². The summed E-state index contributed by atoms with van der Waals surface area (Å²) in [6, 6.07) is 8.32. The zero-order chi connectivity index (χ0) is 8.84. The van der Waals surface area contributed by atoms with Crippen LogP contribution in [0.25, 0.3) is 0 Å². The summed E-state index contributed by atoms with van der Waals surface area (Å²) in [4.78, 5) is 11.5. The standard InChI is InChI=1S/C11H11NO/c13-11-10-5-7(6-12-11)8-3-1-2-4-9(8)10/h1-4,7,10H,5-6H2,(H,12,13)/t7-,10-/m1/s1. The van der Waals surface area contributed by atoms with E-state index in [0.717, 1.165) is 13.0 Å². The number of amides is 1. The molecule has 1 aliphatic carbocycles. The first-order valence-corrected chi connectivity index (χ1v) is 4.73. The highest BCUT2D eigenvalue weighted by Gasteiger charge is 2.38. The second kappa shape index (κ2) is 2.34. The molecule has 1 saturated heterocycles. The van der Waals surface area contributed by atoms with Crippen LogP contribution >= 0.6 is 0 Å². The van der Waals surface area contributed by atoms with Gasteiger partial charge in [-0.3, -0.25) is 4.79 Å². The Balaban J connectivity index is 2.18. The Morgan fingerprint density at radius 1 is 1.23 bits per heavy atom. The van der Waals surface area contributed by atoms with Crippen molar-refractivity contribution in [2.75, 3.05) is 6.54 Å². The Morgan fingerprint density at radius 3 is 2.85 bits per heavy atom. The minimum Gasteiger partial charge on any atom is -0.355 e. The fourth-order valence-corrected chi connectivity index (χ4v) is 2.53. The maximum Gasteiger partial charge on any atom is 0.227 e. The Hall–Kier alpha value is -1.31. The minimum absolute atomic E-state index is 0.134. The van der Waals surface area contributed by atoms with Crippen LogP contribution in [-0.2, 0) is 4.79 Å². The molecule has 1 fully saturated rings. The molecule has 2 bridgehead atoms. The van der Waals surface area contributed by atoms with Crippen molar-refractivity contribution in [1.82, 2.24) is 5.32 Å². The first-order chi connectivity index (χ1) is 6.36. The molecule has 1 aromatic rings. The van der Waals surface area contributed by atoms with E-state index >= 15 is 0 Å². The Kier molecular flexibility index (Phi) is 1.29. The number of benzene rings is 1. The molecule has 0 aromatic heterocycles. The highest BCUT2D eigenvalue weighted by molar-refractivity contribution is 5.86. The van der Waals surface area contributed by atoms with Gasteiger partial charge in [-0.1, -0.05) is 24.3 Å². The third-order valence-corrected chi connectivity index (χ3v) is 3.17. The molecule has 0 radical (unpaired) electrons. The van der Waals surface area contributed by atoms with Crippen molar-refractivity contribution in [3.8, 4) is 0 Å². The van der Waals surface area contributed by atoms with Crippen LogP contribution in [0.5, 0.6) is 0 Å². The number of carbonyl (C=O) groups is 1. The van der Waals surface area contributed by atoms with Crippen molar-refractivity contribution in [3.05, 3.63) is 35.4 Å². The largest absolute Gasteiger partial charge is 0.355 e. The molecule has 2 atom stereocenters. The molecule has 0 unspecified atom stereocenters. The van der Waals surface area contributed by atoms with Crippen molar-refractivity contribution < 1.29 is 4.79 Å². The minimum atomic E-state index is 0.134. The first-order valence-electron chi connectivity index (χ1n) is 4.73. The van der Waals surface area contributed by atoms with Crippen molar-refractivity contribution in [2.24, 2.45) is 0 Å². The first kappa shape index (κ1) is 7.13. The van der Waals surface area contributed by atoms with Crippen molar-refractivity contribution in [3.63, 3.8) is 0 Å². The van der Waals surface area contributed by atoms with Crippen LogP contribution in [0.3, 0.4) is 0 Å². The van der Waals surface area contributed by atoms with Gasteiger partial charge >= 0.3 is 0 Å². The third-order valence-electron chi connectivity index (χ3n) is 3.17. The van der Waals surface area contributed by atoms with Gasteiger partial charge in [0.05, 0.1) is 5.92 Å². The van der Waals surface area contributed by atoms with Gasteiger partial charge < -0.3 is 5.32 Å². The van der Waals surface area contributed by atoms with Crippen molar-refractivity contribution in [2.45, 2.75) is 18.3 Å². The normalized spacial score (nSPS) is 29.7. The maximum absolute atomic E-state index is 11.5. The Bertz CT molecular complexity index is 372. The summed E-state index contributed by atoms with van der Waals surface area (Å²) in [6.45, 7) is 0.826. The number of hydrogen-bond donors (Lipinski definition) is 1. The van der Waals surface area contributed by atoms with Crippen LogP contribution in [0.4, 0.5) is 0 Å². The lowest BCUT2D eigenvalue weighted by molar-refractivity contribution is -0.123. The molecule has 1 N–H and O–H groups in total. The fourth-order valence-electron chi connectivity index (χ4n) is 2.53. The lowest BCUT2D eigenvalue weighted by atomic mass is 9.97. The van der Waals surface area contributed by atoms with E-state index < -0.39 is 0 Å². The molecular weight excluding hydrogens is 162 g/mol. The summed E-state index contributed by atoms with van der Waals surface area (Å²) < 4.78 is 0. The van der Waals surface area contributed by atoms with Gasteiger partial charge in [-0.05, 0) is 17.5 Å². The quantitative estimate of drug-likeness (QED) is 0.631. The number of carbonyl (C=O) groups excluding carboxylic acids is 1. The van der Waals surface area contributed by atoms with E-state index in [-0.39, 0.29) is 11.8 Å². The predicted octanol–water partition coefficient (Wildman–Crippen LogP) is 1.39. The van der Waals surface area contributed by atoms with Crippen molar-refractivity contribution >= 4 is 5.91 Å². The van der Waals surface area contributed by atoms with E-state index in [1.807, 2.05) is 6.07 Å². The maximum atomic E-state index is 11.5. The Morgan fingerprint density at radius 2 is 2.00 bits per heavy atom. The number of fused-ring (bicyclic) bond motifs is 5. The Labute approximate surface area is 77.0 Å². The molecule has 3 rings (SSSR count). The van der Waals surface area contributed by atoms with E-state index in [1.165, 1.54) is 11.1 Å². The number of nitrogens with one attached hydrogen (secondary N) is 1. The molecule has 13 heavy (non-hydrogen) atoms. The van der Waals surface area contributed by atoms with Crippen LogP contribution in [0.1, 0.15) is 29.4 Å². The number of piperidine rings is 1. The average molecular weight is 173 g/mol. The van der Waals surface area contributed by atoms with Crippen LogP contribution in [-0.4, -0.2) is 12.5 Å². The fraction of sp³-hybridized carbons (Fsp3) is 0.364. The summed E-state index contributed by atoms with van der Waals surface area (Å²) in [5, 5.41) is 2.95. The second-order valence-corrected chi connectivity index (χ2v) is 3.86. The molecule has 1 aromatic carbocycles. The molecule has 1 amide bonds. The predicted molar refractivity (Wildman–Crippen MR) is 49.6 cm³/mol. The zero-order valence-electron chi connectivity index (χ0n) is 7.29. The lowest BCUT2D eigenvalue weighted by Crippen LogP contribution is -2.34. The lowest BCUT2D eigenvalue weighted by Gasteiger charge is -2.19. The van der Waals surface area contributed by atoms with E-state index in [1.54, 1.807) is 0 Å². The zero-order valence-corrected chi connectivity index (χ0v) is 7.29. The van der Waals surface area contributed by atoms with Gasteiger partial charge in [-0.2, -0.15) is 0 Å². The van der Waals surface area contributed by atoms with E-state index in [9.17, 15) is 4.79 Å². The molecular formula is C11H11NO.